The summed E-state index contributed by atoms with van der Waals surface area (Å²) >= 11 is 0. The second kappa shape index (κ2) is 11.0. The van der Waals surface area contributed by atoms with Crippen LogP contribution in [0.4, 0.5) is 17.1 Å². The van der Waals surface area contributed by atoms with Crippen LogP contribution in [0.1, 0.15) is 30.9 Å². The van der Waals surface area contributed by atoms with Gasteiger partial charge in [0.05, 0.1) is 6.54 Å². The van der Waals surface area contributed by atoms with Crippen LogP contribution in [0.2, 0.25) is 0 Å². The van der Waals surface area contributed by atoms with Crippen molar-refractivity contribution in [2.24, 2.45) is 0 Å². The Morgan fingerprint density at radius 3 is 2.40 bits per heavy atom. The Labute approximate surface area is 177 Å². The third-order valence-corrected chi connectivity index (χ3v) is 4.62. The summed E-state index contributed by atoms with van der Waals surface area (Å²) in [6.45, 7) is 3.79. The van der Waals surface area contributed by atoms with Gasteiger partial charge < -0.3 is 20.9 Å². The third kappa shape index (κ3) is 7.24. The maximum Gasteiger partial charge on any atom is 0.243 e. The molecule has 0 bridgehead atoms. The first kappa shape index (κ1) is 22.9. The fourth-order valence-electron chi connectivity index (χ4n) is 2.77. The van der Waals surface area contributed by atoms with E-state index in [4.69, 9.17) is 0 Å². The zero-order valence-corrected chi connectivity index (χ0v) is 18.0. The number of carbonyl (C=O) groups is 3. The first-order valence-electron chi connectivity index (χ1n) is 10.0. The minimum absolute atomic E-state index is 0.0737. The lowest BCUT2D eigenvalue weighted by molar-refractivity contribution is -0.128. The van der Waals surface area contributed by atoms with Crippen LogP contribution >= 0.6 is 0 Å². The molecule has 0 aliphatic heterocycles. The van der Waals surface area contributed by atoms with Crippen LogP contribution in [-0.2, 0) is 20.8 Å². The van der Waals surface area contributed by atoms with Gasteiger partial charge in [-0.1, -0.05) is 25.1 Å². The minimum Gasteiger partial charge on any atom is -0.376 e. The summed E-state index contributed by atoms with van der Waals surface area (Å²) in [5.74, 6) is -0.185. The predicted octanol–water partition coefficient (Wildman–Crippen LogP) is 3.41. The van der Waals surface area contributed by atoms with Crippen molar-refractivity contribution in [3.63, 3.8) is 0 Å². The number of benzene rings is 2. The van der Waals surface area contributed by atoms with Gasteiger partial charge in [-0.05, 0) is 48.7 Å². The molecule has 0 spiro atoms. The zero-order chi connectivity index (χ0) is 22.1. The summed E-state index contributed by atoms with van der Waals surface area (Å²) in [7, 11) is 3.49. The quantitative estimate of drug-likeness (QED) is 0.591. The molecule has 0 aliphatic rings. The number of aryl methyl sites for hydroxylation is 2. The van der Waals surface area contributed by atoms with Gasteiger partial charge in [-0.2, -0.15) is 0 Å². The Kier molecular flexibility index (Phi) is 8.41. The van der Waals surface area contributed by atoms with Crippen LogP contribution in [0.3, 0.4) is 0 Å². The highest BCUT2D eigenvalue weighted by Gasteiger charge is 2.08. The van der Waals surface area contributed by atoms with Crippen molar-refractivity contribution in [3.8, 4) is 0 Å². The smallest absolute Gasteiger partial charge is 0.243 e. The topological polar surface area (TPSA) is 90.5 Å². The van der Waals surface area contributed by atoms with Crippen molar-refractivity contribution < 1.29 is 14.4 Å². The first-order valence-corrected chi connectivity index (χ1v) is 10.0. The molecular weight excluding hydrogens is 380 g/mol. The molecular formula is C23H30N4O3. The molecule has 2 aromatic rings. The number of anilines is 3. The maximum absolute atomic E-state index is 12.3. The monoisotopic (exact) mass is 410 g/mol. The largest absolute Gasteiger partial charge is 0.376 e. The summed E-state index contributed by atoms with van der Waals surface area (Å²) in [6.07, 6.45) is 1.48. The van der Waals surface area contributed by atoms with Crippen LogP contribution in [0.25, 0.3) is 0 Å². The Morgan fingerprint density at radius 1 is 0.933 bits per heavy atom. The van der Waals surface area contributed by atoms with Crippen LogP contribution in [-0.4, -0.2) is 43.3 Å². The second-order valence-corrected chi connectivity index (χ2v) is 7.32. The molecule has 0 saturated carbocycles. The molecule has 7 heteroatoms. The van der Waals surface area contributed by atoms with Crippen LogP contribution in [0.5, 0.6) is 0 Å². The molecule has 160 valence electrons. The predicted molar refractivity (Wildman–Crippen MR) is 121 cm³/mol. The van der Waals surface area contributed by atoms with Gasteiger partial charge in [0, 0.05) is 44.0 Å². The van der Waals surface area contributed by atoms with Gasteiger partial charge in [0.25, 0.3) is 0 Å². The van der Waals surface area contributed by atoms with Crippen molar-refractivity contribution in [2.45, 2.75) is 33.1 Å². The molecule has 0 atom stereocenters. The van der Waals surface area contributed by atoms with E-state index in [0.717, 1.165) is 16.8 Å². The molecule has 7 nitrogen and oxygen atoms in total. The standard InChI is InChI=1S/C23H30N4O3/c1-5-21(28)26-20-14-19(11-9-16(20)2)25-22(29)15-24-18-8-6-7-17(13-18)10-12-23(30)27(3)4/h6-9,11,13-14,24H,5,10,12,15H2,1-4H3,(H,25,29)(H,26,28). The molecule has 3 amide bonds. The molecule has 3 N–H and O–H groups in total. The normalized spacial score (nSPS) is 10.3. The van der Waals surface area contributed by atoms with Gasteiger partial charge in [-0.25, -0.2) is 0 Å². The molecule has 0 unspecified atom stereocenters. The van der Waals surface area contributed by atoms with Crippen molar-refractivity contribution >= 4 is 34.8 Å². The number of nitrogens with zero attached hydrogens (tertiary/aromatic N) is 1. The van der Waals surface area contributed by atoms with Crippen LogP contribution in [0, 0.1) is 6.92 Å². The highest BCUT2D eigenvalue weighted by Crippen LogP contribution is 2.20. The van der Waals surface area contributed by atoms with E-state index in [0.29, 0.717) is 30.6 Å². The number of rotatable bonds is 9. The molecule has 0 radical (unpaired) electrons. The Morgan fingerprint density at radius 2 is 1.70 bits per heavy atom. The average molecular weight is 411 g/mol. The number of nitrogens with one attached hydrogen (secondary N) is 3. The average Bonchev–Trinajstić information content (AvgIpc) is 2.73. The second-order valence-electron chi connectivity index (χ2n) is 7.32. The third-order valence-electron chi connectivity index (χ3n) is 4.62. The summed E-state index contributed by atoms with van der Waals surface area (Å²) in [5.41, 5.74) is 4.09. The van der Waals surface area contributed by atoms with Crippen molar-refractivity contribution in [3.05, 3.63) is 53.6 Å². The number of hydrogen-bond acceptors (Lipinski definition) is 4. The Bertz CT molecular complexity index is 909. The summed E-state index contributed by atoms with van der Waals surface area (Å²) in [4.78, 5) is 37.3. The lowest BCUT2D eigenvalue weighted by Gasteiger charge is -2.12. The van der Waals surface area contributed by atoms with Gasteiger partial charge >= 0.3 is 0 Å². The van der Waals surface area contributed by atoms with E-state index in [1.165, 1.54) is 0 Å². The molecule has 30 heavy (non-hydrogen) atoms. The van der Waals surface area contributed by atoms with Crippen LogP contribution < -0.4 is 16.0 Å². The molecule has 2 aromatic carbocycles. The first-order chi connectivity index (χ1) is 14.3. The SMILES string of the molecule is CCC(=O)Nc1cc(NC(=O)CNc2cccc(CCC(=O)N(C)C)c2)ccc1C. The van der Waals surface area contributed by atoms with Gasteiger partial charge in [0.2, 0.25) is 17.7 Å². The van der Waals surface area contributed by atoms with E-state index in [1.54, 1.807) is 38.1 Å². The van der Waals surface area contributed by atoms with E-state index in [1.807, 2.05) is 37.3 Å². The van der Waals surface area contributed by atoms with E-state index in [2.05, 4.69) is 16.0 Å². The van der Waals surface area contributed by atoms with E-state index >= 15 is 0 Å². The zero-order valence-electron chi connectivity index (χ0n) is 18.0. The Hall–Kier alpha value is -3.35. The van der Waals surface area contributed by atoms with E-state index < -0.39 is 0 Å². The fraction of sp³-hybridized carbons (Fsp3) is 0.348. The van der Waals surface area contributed by atoms with Gasteiger partial charge in [-0.15, -0.1) is 0 Å². The molecule has 0 heterocycles. The highest BCUT2D eigenvalue weighted by molar-refractivity contribution is 5.96. The van der Waals surface area contributed by atoms with Crippen LogP contribution in [0.15, 0.2) is 42.5 Å². The lowest BCUT2D eigenvalue weighted by Crippen LogP contribution is -2.22. The molecule has 0 aromatic heterocycles. The summed E-state index contributed by atoms with van der Waals surface area (Å²) < 4.78 is 0. The maximum atomic E-state index is 12.3. The number of amides is 3. The van der Waals surface area contributed by atoms with Crippen molar-refractivity contribution in [2.75, 3.05) is 36.6 Å². The van der Waals surface area contributed by atoms with Crippen molar-refractivity contribution in [1.29, 1.82) is 0 Å². The molecule has 0 fully saturated rings. The van der Waals surface area contributed by atoms with Gasteiger partial charge in [0.1, 0.15) is 0 Å². The molecule has 0 aliphatic carbocycles. The summed E-state index contributed by atoms with van der Waals surface area (Å²) in [5, 5.41) is 8.77. The number of hydrogen-bond donors (Lipinski definition) is 3. The van der Waals surface area contributed by atoms with E-state index in [-0.39, 0.29) is 24.3 Å². The van der Waals surface area contributed by atoms with Gasteiger partial charge in [0.15, 0.2) is 0 Å². The molecule has 2 rings (SSSR count). The van der Waals surface area contributed by atoms with Crippen molar-refractivity contribution in [1.82, 2.24) is 4.90 Å². The van der Waals surface area contributed by atoms with E-state index in [9.17, 15) is 14.4 Å². The number of carbonyl (C=O) groups excluding carboxylic acids is 3. The fourth-order valence-corrected chi connectivity index (χ4v) is 2.77. The highest BCUT2D eigenvalue weighted by atomic mass is 16.2. The Balaban J connectivity index is 1.90. The van der Waals surface area contributed by atoms with Gasteiger partial charge in [-0.3, -0.25) is 14.4 Å². The minimum atomic E-state index is -0.195. The lowest BCUT2D eigenvalue weighted by atomic mass is 10.1. The summed E-state index contributed by atoms with van der Waals surface area (Å²) in [6, 6.07) is 13.1. The molecule has 0 saturated heterocycles.